The zero-order valence-corrected chi connectivity index (χ0v) is 15.9. The second-order valence-electron chi connectivity index (χ2n) is 6.76. The van der Waals surface area contributed by atoms with Crippen molar-refractivity contribution in [2.75, 3.05) is 19.6 Å². The molecule has 1 atom stereocenters. The van der Waals surface area contributed by atoms with Gasteiger partial charge in [0.15, 0.2) is 0 Å². The maximum atomic E-state index is 12.1. The molecule has 6 heteroatoms. The van der Waals surface area contributed by atoms with Crippen molar-refractivity contribution >= 4 is 23.4 Å². The summed E-state index contributed by atoms with van der Waals surface area (Å²) in [6.07, 6.45) is 1.20. The Balaban J connectivity index is 1.36. The van der Waals surface area contributed by atoms with Gasteiger partial charge in [0.05, 0.1) is 10.6 Å². The highest BCUT2D eigenvalue weighted by Gasteiger charge is 2.23. The van der Waals surface area contributed by atoms with E-state index in [1.54, 1.807) is 24.3 Å². The summed E-state index contributed by atoms with van der Waals surface area (Å²) in [6, 6.07) is 17.4. The predicted octanol–water partition coefficient (Wildman–Crippen LogP) is 2.85. The van der Waals surface area contributed by atoms with Gasteiger partial charge in [0.2, 0.25) is 5.91 Å². The van der Waals surface area contributed by atoms with E-state index in [1.165, 1.54) is 5.56 Å². The summed E-state index contributed by atoms with van der Waals surface area (Å²) in [5.74, 6) is -0.302. The van der Waals surface area contributed by atoms with E-state index in [-0.39, 0.29) is 30.8 Å². The van der Waals surface area contributed by atoms with Crippen LogP contribution in [-0.2, 0) is 11.3 Å². The number of nitrogens with one attached hydrogen (secondary N) is 2. The van der Waals surface area contributed by atoms with Crippen molar-refractivity contribution in [1.29, 1.82) is 0 Å². The van der Waals surface area contributed by atoms with Gasteiger partial charge in [0.1, 0.15) is 0 Å². The molecule has 1 heterocycles. The van der Waals surface area contributed by atoms with Crippen LogP contribution in [0.5, 0.6) is 0 Å². The summed E-state index contributed by atoms with van der Waals surface area (Å²) < 4.78 is 0. The van der Waals surface area contributed by atoms with E-state index in [0.29, 0.717) is 10.6 Å². The number of halogens is 1. The second-order valence-corrected chi connectivity index (χ2v) is 7.17. The average Bonchev–Trinajstić information content (AvgIpc) is 3.09. The number of amides is 2. The first-order valence-corrected chi connectivity index (χ1v) is 9.58. The van der Waals surface area contributed by atoms with Crippen LogP contribution in [0.4, 0.5) is 0 Å². The summed E-state index contributed by atoms with van der Waals surface area (Å²) >= 11 is 6.00. The number of benzene rings is 2. The molecule has 0 saturated carbocycles. The monoisotopic (exact) mass is 385 g/mol. The molecule has 0 aliphatic carbocycles. The van der Waals surface area contributed by atoms with E-state index in [1.807, 2.05) is 18.2 Å². The summed E-state index contributed by atoms with van der Waals surface area (Å²) in [4.78, 5) is 26.6. The van der Waals surface area contributed by atoms with Crippen LogP contribution in [0.1, 0.15) is 28.8 Å². The molecule has 2 aromatic carbocycles. The van der Waals surface area contributed by atoms with Gasteiger partial charge in [-0.05, 0) is 24.1 Å². The molecule has 27 heavy (non-hydrogen) atoms. The third-order valence-electron chi connectivity index (χ3n) is 4.64. The highest BCUT2D eigenvalue weighted by molar-refractivity contribution is 6.33. The van der Waals surface area contributed by atoms with Crippen molar-refractivity contribution in [3.63, 3.8) is 0 Å². The molecule has 2 aromatic rings. The molecule has 142 valence electrons. The molecule has 1 aliphatic rings. The van der Waals surface area contributed by atoms with Crippen LogP contribution in [0.3, 0.4) is 0 Å². The normalized spacial score (nSPS) is 16.9. The van der Waals surface area contributed by atoms with E-state index >= 15 is 0 Å². The van der Waals surface area contributed by atoms with Crippen LogP contribution in [0.15, 0.2) is 54.6 Å². The summed E-state index contributed by atoms with van der Waals surface area (Å²) in [5.41, 5.74) is 1.71. The van der Waals surface area contributed by atoms with Gasteiger partial charge >= 0.3 is 0 Å². The number of nitrogens with zero attached hydrogens (tertiary/aromatic N) is 1. The lowest BCUT2D eigenvalue weighted by molar-refractivity contribution is -0.121. The Labute approximate surface area is 164 Å². The zero-order valence-electron chi connectivity index (χ0n) is 15.2. The van der Waals surface area contributed by atoms with Crippen molar-refractivity contribution in [2.45, 2.75) is 25.4 Å². The van der Waals surface area contributed by atoms with E-state index in [4.69, 9.17) is 11.6 Å². The third kappa shape index (κ3) is 5.81. The highest BCUT2D eigenvalue weighted by Crippen LogP contribution is 2.15. The van der Waals surface area contributed by atoms with E-state index < -0.39 is 0 Å². The van der Waals surface area contributed by atoms with Gasteiger partial charge < -0.3 is 10.6 Å². The van der Waals surface area contributed by atoms with Gasteiger partial charge in [-0.15, -0.1) is 0 Å². The van der Waals surface area contributed by atoms with Gasteiger partial charge in [-0.25, -0.2) is 0 Å². The maximum absolute atomic E-state index is 12.1. The molecule has 0 radical (unpaired) electrons. The minimum Gasteiger partial charge on any atom is -0.352 e. The Morgan fingerprint density at radius 2 is 1.81 bits per heavy atom. The van der Waals surface area contributed by atoms with Gasteiger partial charge in [0.25, 0.3) is 5.91 Å². The van der Waals surface area contributed by atoms with Crippen molar-refractivity contribution in [3.8, 4) is 0 Å². The van der Waals surface area contributed by atoms with Crippen molar-refractivity contribution in [1.82, 2.24) is 15.5 Å². The summed E-state index contributed by atoms with van der Waals surface area (Å²) in [5, 5.41) is 6.21. The first kappa shape index (κ1) is 19.4. The van der Waals surface area contributed by atoms with Crippen molar-refractivity contribution in [3.05, 3.63) is 70.7 Å². The number of likely N-dealkylation sites (tertiary alicyclic amines) is 1. The summed E-state index contributed by atoms with van der Waals surface area (Å²) in [7, 11) is 0. The lowest BCUT2D eigenvalue weighted by atomic mass is 10.2. The van der Waals surface area contributed by atoms with Gasteiger partial charge in [0, 0.05) is 38.6 Å². The standard InChI is InChI=1S/C21H24ClN3O2/c22-19-9-5-4-8-18(19)21(27)23-12-10-20(26)24-17-11-13-25(15-17)14-16-6-2-1-3-7-16/h1-9,17H,10-15H2,(H,23,27)(H,24,26). The van der Waals surface area contributed by atoms with Gasteiger partial charge in [-0.1, -0.05) is 54.1 Å². The largest absolute Gasteiger partial charge is 0.352 e. The quantitative estimate of drug-likeness (QED) is 0.770. The van der Waals surface area contributed by atoms with Crippen LogP contribution < -0.4 is 10.6 Å². The van der Waals surface area contributed by atoms with Crippen LogP contribution in [0, 0.1) is 0 Å². The van der Waals surface area contributed by atoms with E-state index in [9.17, 15) is 9.59 Å². The molecular formula is C21H24ClN3O2. The number of carbonyl (C=O) groups excluding carboxylic acids is 2. The third-order valence-corrected chi connectivity index (χ3v) is 4.97. The van der Waals surface area contributed by atoms with Crippen LogP contribution in [0.25, 0.3) is 0 Å². The topological polar surface area (TPSA) is 61.4 Å². The Bertz CT molecular complexity index is 782. The Hall–Kier alpha value is -2.37. The summed E-state index contributed by atoms with van der Waals surface area (Å²) in [6.45, 7) is 3.02. The molecule has 3 rings (SSSR count). The van der Waals surface area contributed by atoms with Crippen LogP contribution >= 0.6 is 11.6 Å². The molecule has 0 aromatic heterocycles. The fraction of sp³-hybridized carbons (Fsp3) is 0.333. The zero-order chi connectivity index (χ0) is 19.1. The fourth-order valence-corrected chi connectivity index (χ4v) is 3.49. The molecule has 1 saturated heterocycles. The molecule has 2 N–H and O–H groups in total. The first-order chi connectivity index (χ1) is 13.1. The molecule has 2 amide bonds. The minimum absolute atomic E-state index is 0.0407. The Morgan fingerprint density at radius 1 is 1.07 bits per heavy atom. The van der Waals surface area contributed by atoms with Crippen LogP contribution in [-0.4, -0.2) is 42.4 Å². The van der Waals surface area contributed by atoms with Crippen LogP contribution in [0.2, 0.25) is 5.02 Å². The Morgan fingerprint density at radius 3 is 2.59 bits per heavy atom. The Kier molecular flexibility index (Phi) is 6.85. The SMILES string of the molecule is O=C(CCNC(=O)c1ccccc1Cl)NC1CCN(Cc2ccccc2)C1. The molecular weight excluding hydrogens is 362 g/mol. The lowest BCUT2D eigenvalue weighted by Crippen LogP contribution is -2.38. The first-order valence-electron chi connectivity index (χ1n) is 9.20. The van der Waals surface area contributed by atoms with E-state index in [2.05, 4.69) is 27.7 Å². The number of carbonyl (C=O) groups is 2. The number of rotatable bonds is 7. The number of hydrogen-bond acceptors (Lipinski definition) is 3. The van der Waals surface area contributed by atoms with Crippen molar-refractivity contribution < 1.29 is 9.59 Å². The molecule has 0 bridgehead atoms. The fourth-order valence-electron chi connectivity index (χ4n) is 3.27. The van der Waals surface area contributed by atoms with Crippen molar-refractivity contribution in [2.24, 2.45) is 0 Å². The molecule has 0 spiro atoms. The maximum Gasteiger partial charge on any atom is 0.252 e. The second kappa shape index (κ2) is 9.53. The van der Waals surface area contributed by atoms with E-state index in [0.717, 1.165) is 26.1 Å². The number of hydrogen-bond donors (Lipinski definition) is 2. The molecule has 1 aliphatic heterocycles. The molecule has 1 fully saturated rings. The minimum atomic E-state index is -0.261. The average molecular weight is 386 g/mol. The highest BCUT2D eigenvalue weighted by atomic mass is 35.5. The lowest BCUT2D eigenvalue weighted by Gasteiger charge is -2.17. The smallest absolute Gasteiger partial charge is 0.252 e. The molecule has 1 unspecified atom stereocenters. The molecule has 5 nitrogen and oxygen atoms in total. The van der Waals surface area contributed by atoms with Gasteiger partial charge in [-0.3, -0.25) is 14.5 Å². The predicted molar refractivity (Wildman–Crippen MR) is 107 cm³/mol. The van der Waals surface area contributed by atoms with Gasteiger partial charge in [-0.2, -0.15) is 0 Å².